The summed E-state index contributed by atoms with van der Waals surface area (Å²) in [6, 6.07) is 37.7. The van der Waals surface area contributed by atoms with Gasteiger partial charge < -0.3 is 9.13 Å². The summed E-state index contributed by atoms with van der Waals surface area (Å²) in [5, 5.41) is 5.16. The number of hydrogen-bond donors (Lipinski definition) is 0. The summed E-state index contributed by atoms with van der Waals surface area (Å²) in [5.41, 5.74) is 11.3. The zero-order chi connectivity index (χ0) is 23.7. The second-order valence-electron chi connectivity index (χ2n) is 9.64. The molecule has 7 aromatic rings. The third kappa shape index (κ3) is 2.77. The lowest BCUT2D eigenvalue weighted by Gasteiger charge is -2.15. The molecule has 0 saturated heterocycles. The number of rotatable bonds is 2. The fourth-order valence-corrected chi connectivity index (χ4v) is 5.93. The SMILES string of the molecule is Cc1ccc2c(c1)c1ccccc1n2-c1cccc2c1c1ccccc1n2-c1c(C)cccc1C. The molecule has 0 fully saturated rings. The number of benzene rings is 5. The summed E-state index contributed by atoms with van der Waals surface area (Å²) in [7, 11) is 0. The molecule has 5 aromatic carbocycles. The first-order valence-electron chi connectivity index (χ1n) is 12.2. The van der Waals surface area contributed by atoms with E-state index in [4.69, 9.17) is 0 Å². The van der Waals surface area contributed by atoms with Gasteiger partial charge in [-0.2, -0.15) is 0 Å². The molecule has 0 atom stereocenters. The number of hydrogen-bond acceptors (Lipinski definition) is 0. The number of aryl methyl sites for hydroxylation is 3. The molecule has 0 aliphatic rings. The third-order valence-electron chi connectivity index (χ3n) is 7.41. The number of fused-ring (bicyclic) bond motifs is 6. The molecular weight excluding hydrogens is 424 g/mol. The molecule has 0 aliphatic heterocycles. The van der Waals surface area contributed by atoms with Crippen LogP contribution in [-0.4, -0.2) is 9.13 Å². The molecule has 0 N–H and O–H groups in total. The first-order chi connectivity index (χ1) is 17.1. The van der Waals surface area contributed by atoms with E-state index in [1.165, 1.54) is 71.7 Å². The van der Waals surface area contributed by atoms with Crippen LogP contribution in [0.5, 0.6) is 0 Å². The molecule has 2 aromatic heterocycles. The average Bonchev–Trinajstić information content (AvgIpc) is 3.37. The molecule has 0 saturated carbocycles. The van der Waals surface area contributed by atoms with Gasteiger partial charge in [-0.3, -0.25) is 0 Å². The lowest BCUT2D eigenvalue weighted by Crippen LogP contribution is -2.00. The van der Waals surface area contributed by atoms with E-state index >= 15 is 0 Å². The topological polar surface area (TPSA) is 9.86 Å². The second kappa shape index (κ2) is 7.35. The Labute approximate surface area is 204 Å². The average molecular weight is 451 g/mol. The van der Waals surface area contributed by atoms with E-state index in [0.717, 1.165) is 0 Å². The van der Waals surface area contributed by atoms with Gasteiger partial charge in [0.05, 0.1) is 33.4 Å². The molecule has 0 amide bonds. The number of aromatic nitrogens is 2. The Hall–Kier alpha value is -4.30. The maximum absolute atomic E-state index is 2.46. The smallest absolute Gasteiger partial charge is 0.0562 e. The zero-order valence-corrected chi connectivity index (χ0v) is 20.2. The Balaban J connectivity index is 1.70. The van der Waals surface area contributed by atoms with Crippen LogP contribution < -0.4 is 0 Å². The molecule has 0 aliphatic carbocycles. The molecule has 2 nitrogen and oxygen atoms in total. The number of para-hydroxylation sites is 3. The lowest BCUT2D eigenvalue weighted by atomic mass is 10.1. The molecule has 0 unspecified atom stereocenters. The zero-order valence-electron chi connectivity index (χ0n) is 20.2. The first kappa shape index (κ1) is 20.1. The van der Waals surface area contributed by atoms with Crippen molar-refractivity contribution in [1.29, 1.82) is 0 Å². The van der Waals surface area contributed by atoms with Crippen LogP contribution in [0.25, 0.3) is 55.0 Å². The Kier molecular flexibility index (Phi) is 4.22. The molecule has 7 rings (SSSR count). The standard InChI is InChI=1S/C33H26N2/c1-21-18-19-29-26(20-21)24-12-4-6-14-27(24)34(29)30-16-9-17-31-32(30)25-13-5-7-15-28(25)35(31)33-22(2)10-8-11-23(33)3/h4-20H,1-3H3. The van der Waals surface area contributed by atoms with Gasteiger partial charge in [0, 0.05) is 21.5 Å². The van der Waals surface area contributed by atoms with E-state index in [2.05, 4.69) is 133 Å². The van der Waals surface area contributed by atoms with Crippen LogP contribution >= 0.6 is 0 Å². The first-order valence-corrected chi connectivity index (χ1v) is 12.2. The maximum Gasteiger partial charge on any atom is 0.0562 e. The fraction of sp³-hybridized carbons (Fsp3) is 0.0909. The summed E-state index contributed by atoms with van der Waals surface area (Å²) in [6.45, 7) is 6.59. The predicted octanol–water partition coefficient (Wildman–Crippen LogP) is 8.81. The summed E-state index contributed by atoms with van der Waals surface area (Å²) < 4.78 is 4.91. The van der Waals surface area contributed by atoms with Crippen molar-refractivity contribution in [2.75, 3.05) is 0 Å². The fourth-order valence-electron chi connectivity index (χ4n) is 5.93. The van der Waals surface area contributed by atoms with Crippen LogP contribution in [-0.2, 0) is 0 Å². The molecule has 35 heavy (non-hydrogen) atoms. The maximum atomic E-state index is 2.46. The van der Waals surface area contributed by atoms with Crippen molar-refractivity contribution in [3.63, 3.8) is 0 Å². The van der Waals surface area contributed by atoms with Crippen LogP contribution in [0.4, 0.5) is 0 Å². The summed E-state index contributed by atoms with van der Waals surface area (Å²) >= 11 is 0. The minimum atomic E-state index is 1.22. The van der Waals surface area contributed by atoms with Crippen molar-refractivity contribution < 1.29 is 0 Å². The van der Waals surface area contributed by atoms with E-state index in [-0.39, 0.29) is 0 Å². The normalized spacial score (nSPS) is 11.9. The highest BCUT2D eigenvalue weighted by Crippen LogP contribution is 2.40. The van der Waals surface area contributed by atoms with Crippen LogP contribution in [0.15, 0.2) is 103 Å². The second-order valence-corrected chi connectivity index (χ2v) is 9.64. The van der Waals surface area contributed by atoms with Gasteiger partial charge in [0.25, 0.3) is 0 Å². The van der Waals surface area contributed by atoms with Crippen molar-refractivity contribution in [2.45, 2.75) is 20.8 Å². The van der Waals surface area contributed by atoms with E-state index in [1.807, 2.05) is 0 Å². The Bertz CT molecular complexity index is 1910. The van der Waals surface area contributed by atoms with E-state index in [0.29, 0.717) is 0 Å². The molecule has 0 bridgehead atoms. The van der Waals surface area contributed by atoms with Crippen molar-refractivity contribution in [3.05, 3.63) is 120 Å². The van der Waals surface area contributed by atoms with E-state index < -0.39 is 0 Å². The molecule has 2 heterocycles. The summed E-state index contributed by atoms with van der Waals surface area (Å²) in [5.74, 6) is 0. The van der Waals surface area contributed by atoms with Gasteiger partial charge in [-0.1, -0.05) is 72.3 Å². The third-order valence-corrected chi connectivity index (χ3v) is 7.41. The number of nitrogens with zero attached hydrogens (tertiary/aromatic N) is 2. The molecule has 2 heteroatoms. The predicted molar refractivity (Wildman–Crippen MR) is 149 cm³/mol. The minimum Gasteiger partial charge on any atom is -0.309 e. The van der Waals surface area contributed by atoms with Crippen molar-refractivity contribution in [2.24, 2.45) is 0 Å². The summed E-state index contributed by atoms with van der Waals surface area (Å²) in [4.78, 5) is 0. The van der Waals surface area contributed by atoms with Crippen molar-refractivity contribution in [3.8, 4) is 11.4 Å². The molecular formula is C33H26N2. The van der Waals surface area contributed by atoms with Gasteiger partial charge in [-0.15, -0.1) is 0 Å². The van der Waals surface area contributed by atoms with Crippen LogP contribution in [0.2, 0.25) is 0 Å². The van der Waals surface area contributed by atoms with Crippen molar-refractivity contribution in [1.82, 2.24) is 9.13 Å². The lowest BCUT2D eigenvalue weighted by molar-refractivity contribution is 1.12. The highest BCUT2D eigenvalue weighted by molar-refractivity contribution is 6.16. The van der Waals surface area contributed by atoms with Crippen LogP contribution in [0.3, 0.4) is 0 Å². The molecule has 0 spiro atoms. The highest BCUT2D eigenvalue weighted by atomic mass is 15.0. The van der Waals surface area contributed by atoms with E-state index in [1.54, 1.807) is 0 Å². The van der Waals surface area contributed by atoms with Crippen LogP contribution in [0.1, 0.15) is 16.7 Å². The van der Waals surface area contributed by atoms with Gasteiger partial charge in [0.1, 0.15) is 0 Å². The monoisotopic (exact) mass is 450 g/mol. The summed E-state index contributed by atoms with van der Waals surface area (Å²) in [6.07, 6.45) is 0. The van der Waals surface area contributed by atoms with Gasteiger partial charge in [0.2, 0.25) is 0 Å². The quantitative estimate of drug-likeness (QED) is 0.249. The van der Waals surface area contributed by atoms with Gasteiger partial charge in [0.15, 0.2) is 0 Å². The molecule has 168 valence electrons. The van der Waals surface area contributed by atoms with Gasteiger partial charge in [-0.05, 0) is 68.3 Å². The minimum absolute atomic E-state index is 1.22. The van der Waals surface area contributed by atoms with E-state index in [9.17, 15) is 0 Å². The van der Waals surface area contributed by atoms with Gasteiger partial charge in [-0.25, -0.2) is 0 Å². The largest absolute Gasteiger partial charge is 0.309 e. The molecule has 0 radical (unpaired) electrons. The van der Waals surface area contributed by atoms with Crippen molar-refractivity contribution >= 4 is 43.6 Å². The Morgan fingerprint density at radius 3 is 1.83 bits per heavy atom. The Morgan fingerprint density at radius 2 is 1.06 bits per heavy atom. The van der Waals surface area contributed by atoms with Gasteiger partial charge >= 0.3 is 0 Å². The Morgan fingerprint density at radius 1 is 0.457 bits per heavy atom. The van der Waals surface area contributed by atoms with Crippen LogP contribution in [0, 0.1) is 20.8 Å². The highest BCUT2D eigenvalue weighted by Gasteiger charge is 2.20.